The lowest BCUT2D eigenvalue weighted by Gasteiger charge is -2.18. The van der Waals surface area contributed by atoms with E-state index in [1.165, 1.54) is 5.56 Å². The zero-order valence-corrected chi connectivity index (χ0v) is 12.5. The standard InChI is InChI=1S/C14H16BrN3O/c1-16-12(9-10-5-3-4-6-11(10)15)13-14(19-2)18-8-7-17-13/h3-8,12,16H,9H2,1-2H3. The fourth-order valence-electron chi connectivity index (χ4n) is 1.95. The van der Waals surface area contributed by atoms with E-state index in [-0.39, 0.29) is 6.04 Å². The summed E-state index contributed by atoms with van der Waals surface area (Å²) in [5, 5.41) is 3.27. The molecule has 1 atom stereocenters. The Balaban J connectivity index is 2.28. The lowest BCUT2D eigenvalue weighted by molar-refractivity contribution is 0.379. The Labute approximate surface area is 121 Å². The van der Waals surface area contributed by atoms with Gasteiger partial charge >= 0.3 is 0 Å². The van der Waals surface area contributed by atoms with Crippen molar-refractivity contribution in [1.29, 1.82) is 0 Å². The van der Waals surface area contributed by atoms with Gasteiger partial charge in [0.15, 0.2) is 0 Å². The van der Waals surface area contributed by atoms with E-state index in [2.05, 4.69) is 37.3 Å². The summed E-state index contributed by atoms with van der Waals surface area (Å²) in [6, 6.07) is 8.22. The van der Waals surface area contributed by atoms with Crippen LogP contribution in [0.4, 0.5) is 0 Å². The lowest BCUT2D eigenvalue weighted by atomic mass is 10.0. The average Bonchev–Trinajstić information content (AvgIpc) is 2.46. The average molecular weight is 322 g/mol. The number of rotatable bonds is 5. The molecule has 1 N–H and O–H groups in total. The summed E-state index contributed by atoms with van der Waals surface area (Å²) in [5.74, 6) is 0.564. The Morgan fingerprint density at radius 3 is 2.68 bits per heavy atom. The van der Waals surface area contributed by atoms with Gasteiger partial charge in [0, 0.05) is 16.9 Å². The van der Waals surface area contributed by atoms with Gasteiger partial charge in [-0.3, -0.25) is 4.98 Å². The van der Waals surface area contributed by atoms with Crippen molar-refractivity contribution in [1.82, 2.24) is 15.3 Å². The maximum atomic E-state index is 5.27. The smallest absolute Gasteiger partial charge is 0.237 e. The van der Waals surface area contributed by atoms with E-state index in [0.717, 1.165) is 16.6 Å². The molecule has 0 aliphatic rings. The number of ether oxygens (including phenoxy) is 1. The van der Waals surface area contributed by atoms with Crippen LogP contribution < -0.4 is 10.1 Å². The minimum atomic E-state index is 0.0577. The Bertz CT molecular complexity index is 548. The van der Waals surface area contributed by atoms with Crippen molar-refractivity contribution in [3.05, 3.63) is 52.4 Å². The van der Waals surface area contributed by atoms with Crippen LogP contribution in [0, 0.1) is 0 Å². The number of aromatic nitrogens is 2. The summed E-state index contributed by atoms with van der Waals surface area (Å²) in [4.78, 5) is 8.57. The monoisotopic (exact) mass is 321 g/mol. The van der Waals surface area contributed by atoms with E-state index in [4.69, 9.17) is 4.74 Å². The van der Waals surface area contributed by atoms with Gasteiger partial charge in [0.05, 0.1) is 13.2 Å². The second-order valence-electron chi connectivity index (χ2n) is 4.09. The Morgan fingerprint density at radius 1 is 1.26 bits per heavy atom. The molecule has 2 rings (SSSR count). The molecule has 1 aromatic carbocycles. The van der Waals surface area contributed by atoms with Crippen LogP contribution in [0.1, 0.15) is 17.3 Å². The van der Waals surface area contributed by atoms with Crippen LogP contribution >= 0.6 is 15.9 Å². The number of methoxy groups -OCH3 is 1. The van der Waals surface area contributed by atoms with Crippen LogP contribution in [0.3, 0.4) is 0 Å². The predicted octanol–water partition coefficient (Wildman–Crippen LogP) is 2.75. The predicted molar refractivity (Wildman–Crippen MR) is 78.2 cm³/mol. The van der Waals surface area contributed by atoms with Gasteiger partial charge in [0.2, 0.25) is 5.88 Å². The summed E-state index contributed by atoms with van der Waals surface area (Å²) < 4.78 is 6.37. The molecule has 19 heavy (non-hydrogen) atoms. The largest absolute Gasteiger partial charge is 0.480 e. The second kappa shape index (κ2) is 6.63. The molecule has 100 valence electrons. The molecule has 2 aromatic rings. The van der Waals surface area contributed by atoms with Gasteiger partial charge < -0.3 is 10.1 Å². The fourth-order valence-corrected chi connectivity index (χ4v) is 2.40. The highest BCUT2D eigenvalue weighted by atomic mass is 79.9. The number of hydrogen-bond acceptors (Lipinski definition) is 4. The number of hydrogen-bond donors (Lipinski definition) is 1. The van der Waals surface area contributed by atoms with Crippen LogP contribution in [0.15, 0.2) is 41.1 Å². The Kier molecular flexibility index (Phi) is 4.87. The molecule has 4 nitrogen and oxygen atoms in total. The van der Waals surface area contributed by atoms with Crippen LogP contribution in [0.5, 0.6) is 5.88 Å². The molecule has 1 unspecified atom stereocenters. The first-order valence-electron chi connectivity index (χ1n) is 6.01. The number of nitrogens with one attached hydrogen (secondary N) is 1. The first-order chi connectivity index (χ1) is 9.26. The highest BCUT2D eigenvalue weighted by Gasteiger charge is 2.18. The molecule has 0 saturated carbocycles. The van der Waals surface area contributed by atoms with Crippen LogP contribution in [0.2, 0.25) is 0 Å². The van der Waals surface area contributed by atoms with E-state index in [9.17, 15) is 0 Å². The first kappa shape index (κ1) is 14.0. The highest BCUT2D eigenvalue weighted by molar-refractivity contribution is 9.10. The van der Waals surface area contributed by atoms with Crippen molar-refractivity contribution in [2.24, 2.45) is 0 Å². The first-order valence-corrected chi connectivity index (χ1v) is 6.81. The van der Waals surface area contributed by atoms with Crippen molar-refractivity contribution < 1.29 is 4.74 Å². The zero-order valence-electron chi connectivity index (χ0n) is 10.9. The van der Waals surface area contributed by atoms with Gasteiger partial charge in [-0.1, -0.05) is 34.1 Å². The maximum absolute atomic E-state index is 5.27. The summed E-state index contributed by atoms with van der Waals surface area (Å²) in [7, 11) is 3.52. The molecule has 0 radical (unpaired) electrons. The highest BCUT2D eigenvalue weighted by Crippen LogP contribution is 2.26. The number of nitrogens with zero attached hydrogens (tertiary/aromatic N) is 2. The summed E-state index contributed by atoms with van der Waals surface area (Å²) in [5.41, 5.74) is 2.04. The molecular formula is C14H16BrN3O. The van der Waals surface area contributed by atoms with Crippen molar-refractivity contribution in [3.8, 4) is 5.88 Å². The van der Waals surface area contributed by atoms with Gasteiger partial charge in [0.1, 0.15) is 5.69 Å². The normalized spacial score (nSPS) is 12.2. The van der Waals surface area contributed by atoms with Gasteiger partial charge in [-0.15, -0.1) is 0 Å². The van der Waals surface area contributed by atoms with Crippen molar-refractivity contribution in [3.63, 3.8) is 0 Å². The second-order valence-corrected chi connectivity index (χ2v) is 4.94. The third-order valence-electron chi connectivity index (χ3n) is 2.94. The minimum Gasteiger partial charge on any atom is -0.480 e. The lowest BCUT2D eigenvalue weighted by Crippen LogP contribution is -2.21. The SMILES string of the molecule is CNC(Cc1ccccc1Br)c1nccnc1OC. The molecule has 0 aliphatic heterocycles. The molecule has 0 aliphatic carbocycles. The third-order valence-corrected chi connectivity index (χ3v) is 3.72. The molecule has 0 fully saturated rings. The van der Waals surface area contributed by atoms with Crippen molar-refractivity contribution in [2.75, 3.05) is 14.2 Å². The maximum Gasteiger partial charge on any atom is 0.237 e. The number of likely N-dealkylation sites (N-methyl/N-ethyl adjacent to an activating group) is 1. The van der Waals surface area contributed by atoms with E-state index in [0.29, 0.717) is 5.88 Å². The Morgan fingerprint density at radius 2 is 2.00 bits per heavy atom. The van der Waals surface area contributed by atoms with Gasteiger partial charge in [-0.25, -0.2) is 4.98 Å². The van der Waals surface area contributed by atoms with Gasteiger partial charge in [-0.05, 0) is 25.1 Å². The number of benzene rings is 1. The summed E-state index contributed by atoms with van der Waals surface area (Å²) in [6.07, 6.45) is 4.13. The Hall–Kier alpha value is -1.46. The topological polar surface area (TPSA) is 47.0 Å². The quantitative estimate of drug-likeness (QED) is 0.919. The van der Waals surface area contributed by atoms with E-state index < -0.39 is 0 Å². The molecule has 1 heterocycles. The molecular weight excluding hydrogens is 306 g/mol. The zero-order chi connectivity index (χ0) is 13.7. The van der Waals surface area contributed by atoms with E-state index in [1.807, 2.05) is 25.2 Å². The van der Waals surface area contributed by atoms with E-state index in [1.54, 1.807) is 19.5 Å². The van der Waals surface area contributed by atoms with Crippen LogP contribution in [-0.4, -0.2) is 24.1 Å². The van der Waals surface area contributed by atoms with Crippen molar-refractivity contribution in [2.45, 2.75) is 12.5 Å². The van der Waals surface area contributed by atoms with Crippen LogP contribution in [0.25, 0.3) is 0 Å². The molecule has 5 heteroatoms. The fraction of sp³-hybridized carbons (Fsp3) is 0.286. The van der Waals surface area contributed by atoms with Gasteiger partial charge in [0.25, 0.3) is 0 Å². The summed E-state index contributed by atoms with van der Waals surface area (Å²) >= 11 is 3.57. The summed E-state index contributed by atoms with van der Waals surface area (Å²) in [6.45, 7) is 0. The molecule has 0 saturated heterocycles. The third kappa shape index (κ3) is 3.30. The minimum absolute atomic E-state index is 0.0577. The van der Waals surface area contributed by atoms with Gasteiger partial charge in [-0.2, -0.15) is 0 Å². The van der Waals surface area contributed by atoms with Crippen molar-refractivity contribution >= 4 is 15.9 Å². The van der Waals surface area contributed by atoms with E-state index >= 15 is 0 Å². The molecule has 0 amide bonds. The molecule has 0 spiro atoms. The molecule has 1 aromatic heterocycles. The van der Waals surface area contributed by atoms with Crippen LogP contribution in [-0.2, 0) is 6.42 Å². The molecule has 0 bridgehead atoms. The number of halogens is 1.